The van der Waals surface area contributed by atoms with Crippen LogP contribution < -0.4 is 5.73 Å². The summed E-state index contributed by atoms with van der Waals surface area (Å²) in [5.41, 5.74) is 4.65. The van der Waals surface area contributed by atoms with Crippen LogP contribution in [0.5, 0.6) is 0 Å². The van der Waals surface area contributed by atoms with E-state index in [2.05, 4.69) is 0 Å². The molecule has 8 nitrogen and oxygen atoms in total. The molecule has 1 aromatic rings. The predicted octanol–water partition coefficient (Wildman–Crippen LogP) is 0.495. The van der Waals surface area contributed by atoms with Crippen molar-refractivity contribution in [1.29, 1.82) is 0 Å². The summed E-state index contributed by atoms with van der Waals surface area (Å²) >= 11 is 0. The normalized spacial score (nSPS) is 12.1. The van der Waals surface area contributed by atoms with Gasteiger partial charge in [-0.15, -0.1) is 0 Å². The second kappa shape index (κ2) is 4.64. The Morgan fingerprint density at radius 1 is 1.31 bits per heavy atom. The van der Waals surface area contributed by atoms with Crippen molar-refractivity contribution in [1.82, 2.24) is 0 Å². The zero-order valence-corrected chi connectivity index (χ0v) is 8.07. The van der Waals surface area contributed by atoms with E-state index in [1.54, 1.807) is 0 Å². The molecule has 0 saturated heterocycles. The maximum atomic E-state index is 10.7. The summed E-state index contributed by atoms with van der Waals surface area (Å²) in [5.74, 6) is 0. The quantitative estimate of drug-likeness (QED) is 0.568. The molecule has 8 heteroatoms. The molecule has 3 N–H and O–H groups in total. The van der Waals surface area contributed by atoms with Crippen LogP contribution in [-0.2, 0) is 0 Å². The van der Waals surface area contributed by atoms with E-state index in [4.69, 9.17) is 10.8 Å². The van der Waals surface area contributed by atoms with E-state index in [1.165, 1.54) is 6.07 Å². The summed E-state index contributed by atoms with van der Waals surface area (Å²) in [6.45, 7) is -0.474. The average molecular weight is 227 g/mol. The fourth-order valence-electron chi connectivity index (χ4n) is 1.22. The number of rotatable bonds is 4. The van der Waals surface area contributed by atoms with Gasteiger partial charge in [-0.2, -0.15) is 0 Å². The van der Waals surface area contributed by atoms with E-state index in [1.807, 2.05) is 0 Å². The highest BCUT2D eigenvalue weighted by Crippen LogP contribution is 2.27. The molecular weight excluding hydrogens is 218 g/mol. The van der Waals surface area contributed by atoms with Crippen molar-refractivity contribution in [2.45, 2.75) is 6.04 Å². The maximum absolute atomic E-state index is 10.7. The van der Waals surface area contributed by atoms with Crippen LogP contribution in [0.4, 0.5) is 11.4 Å². The van der Waals surface area contributed by atoms with Crippen molar-refractivity contribution < 1.29 is 15.0 Å². The molecule has 0 aliphatic rings. The van der Waals surface area contributed by atoms with E-state index in [9.17, 15) is 20.2 Å². The minimum atomic E-state index is -0.929. The molecule has 0 saturated carbocycles. The van der Waals surface area contributed by atoms with Crippen LogP contribution >= 0.6 is 0 Å². The number of nitrogens with zero attached hydrogens (tertiary/aromatic N) is 2. The van der Waals surface area contributed by atoms with E-state index < -0.39 is 28.2 Å². The lowest BCUT2D eigenvalue weighted by molar-refractivity contribution is -0.394. The lowest BCUT2D eigenvalue weighted by Crippen LogP contribution is -2.16. The third-order valence-corrected chi connectivity index (χ3v) is 2.02. The fraction of sp³-hybridized carbons (Fsp3) is 0.250. The number of aliphatic hydroxyl groups excluding tert-OH is 1. The maximum Gasteiger partial charge on any atom is 0.281 e. The second-order valence-electron chi connectivity index (χ2n) is 3.05. The first-order valence-electron chi connectivity index (χ1n) is 4.26. The highest BCUT2D eigenvalue weighted by atomic mass is 16.6. The Balaban J connectivity index is 3.30. The van der Waals surface area contributed by atoms with Gasteiger partial charge in [0, 0.05) is 11.6 Å². The number of non-ortho nitro benzene ring substituents is 1. The average Bonchev–Trinajstić information content (AvgIpc) is 2.26. The van der Waals surface area contributed by atoms with Gasteiger partial charge in [-0.25, -0.2) is 0 Å². The lowest BCUT2D eigenvalue weighted by atomic mass is 10.1. The molecule has 0 fully saturated rings. The van der Waals surface area contributed by atoms with Gasteiger partial charge in [0.25, 0.3) is 11.4 Å². The number of nitro benzene ring substituents is 2. The summed E-state index contributed by atoms with van der Waals surface area (Å²) in [6, 6.07) is 2.18. The van der Waals surface area contributed by atoms with Gasteiger partial charge in [0.2, 0.25) is 0 Å². The van der Waals surface area contributed by atoms with Gasteiger partial charge in [-0.05, 0) is 6.07 Å². The largest absolute Gasteiger partial charge is 0.394 e. The van der Waals surface area contributed by atoms with Crippen molar-refractivity contribution in [3.8, 4) is 0 Å². The van der Waals surface area contributed by atoms with Crippen LogP contribution in [-0.4, -0.2) is 21.6 Å². The van der Waals surface area contributed by atoms with Crippen LogP contribution in [0.2, 0.25) is 0 Å². The molecule has 86 valence electrons. The Labute approximate surface area is 89.6 Å². The topological polar surface area (TPSA) is 133 Å². The van der Waals surface area contributed by atoms with Crippen LogP contribution in [0.25, 0.3) is 0 Å². The molecule has 1 aromatic carbocycles. The Hall–Kier alpha value is -2.06. The first-order chi connectivity index (χ1) is 7.47. The molecule has 1 atom stereocenters. The number of hydrogen-bond acceptors (Lipinski definition) is 6. The van der Waals surface area contributed by atoms with Crippen LogP contribution in [0.15, 0.2) is 18.2 Å². The van der Waals surface area contributed by atoms with Crippen LogP contribution in [0.1, 0.15) is 11.6 Å². The van der Waals surface area contributed by atoms with Gasteiger partial charge in [-0.1, -0.05) is 0 Å². The molecule has 0 aliphatic heterocycles. The first kappa shape index (κ1) is 12.0. The smallest absolute Gasteiger partial charge is 0.281 e. The first-order valence-corrected chi connectivity index (χ1v) is 4.26. The van der Waals surface area contributed by atoms with Crippen molar-refractivity contribution >= 4 is 11.4 Å². The summed E-state index contributed by atoms with van der Waals surface area (Å²) in [7, 11) is 0. The molecule has 0 radical (unpaired) electrons. The Morgan fingerprint density at radius 3 is 2.38 bits per heavy atom. The lowest BCUT2D eigenvalue weighted by Gasteiger charge is -2.08. The number of nitro groups is 2. The molecule has 0 heterocycles. The minimum absolute atomic E-state index is 0.0677. The molecule has 0 unspecified atom stereocenters. The third-order valence-electron chi connectivity index (χ3n) is 2.02. The van der Waals surface area contributed by atoms with Gasteiger partial charge in [0.15, 0.2) is 0 Å². The van der Waals surface area contributed by atoms with E-state index in [0.717, 1.165) is 12.1 Å². The van der Waals surface area contributed by atoms with Crippen molar-refractivity contribution in [2.24, 2.45) is 5.73 Å². The molecular formula is C8H9N3O5. The van der Waals surface area contributed by atoms with Gasteiger partial charge in [0.05, 0.1) is 28.6 Å². The number of hydrogen-bond donors (Lipinski definition) is 2. The fourth-order valence-corrected chi connectivity index (χ4v) is 1.22. The van der Waals surface area contributed by atoms with Crippen molar-refractivity contribution in [2.75, 3.05) is 6.61 Å². The van der Waals surface area contributed by atoms with Crippen LogP contribution in [0.3, 0.4) is 0 Å². The SMILES string of the molecule is N[C@H](CO)c1ccc([N+](=O)[O-])cc1[N+](=O)[O-]. The molecule has 0 aromatic heterocycles. The van der Waals surface area contributed by atoms with Crippen LogP contribution in [0, 0.1) is 20.2 Å². The Kier molecular flexibility index (Phi) is 3.48. The zero-order chi connectivity index (χ0) is 12.3. The Bertz CT molecular complexity index is 434. The summed E-state index contributed by atoms with van der Waals surface area (Å²) in [5, 5.41) is 29.9. The molecule has 16 heavy (non-hydrogen) atoms. The van der Waals surface area contributed by atoms with E-state index in [-0.39, 0.29) is 11.3 Å². The monoisotopic (exact) mass is 227 g/mol. The zero-order valence-electron chi connectivity index (χ0n) is 8.07. The third kappa shape index (κ3) is 2.30. The van der Waals surface area contributed by atoms with Crippen molar-refractivity contribution in [3.05, 3.63) is 44.0 Å². The predicted molar refractivity (Wildman–Crippen MR) is 53.8 cm³/mol. The second-order valence-corrected chi connectivity index (χ2v) is 3.05. The van der Waals surface area contributed by atoms with Gasteiger partial charge in [-0.3, -0.25) is 20.2 Å². The molecule has 0 amide bonds. The molecule has 1 rings (SSSR count). The summed E-state index contributed by atoms with van der Waals surface area (Å²) < 4.78 is 0. The summed E-state index contributed by atoms with van der Waals surface area (Å²) in [6.07, 6.45) is 0. The minimum Gasteiger partial charge on any atom is -0.394 e. The molecule has 0 spiro atoms. The molecule has 0 aliphatic carbocycles. The highest BCUT2D eigenvalue weighted by Gasteiger charge is 2.22. The number of aliphatic hydroxyl groups is 1. The van der Waals surface area contributed by atoms with E-state index >= 15 is 0 Å². The number of nitrogens with two attached hydrogens (primary N) is 1. The van der Waals surface area contributed by atoms with Gasteiger partial charge in [0.1, 0.15) is 0 Å². The van der Waals surface area contributed by atoms with Crippen molar-refractivity contribution in [3.63, 3.8) is 0 Å². The Morgan fingerprint density at radius 2 is 1.94 bits per heavy atom. The highest BCUT2D eigenvalue weighted by molar-refractivity contribution is 5.50. The van der Waals surface area contributed by atoms with Gasteiger partial charge >= 0.3 is 0 Å². The molecule has 0 bridgehead atoms. The van der Waals surface area contributed by atoms with E-state index in [0.29, 0.717) is 0 Å². The summed E-state index contributed by atoms with van der Waals surface area (Å²) in [4.78, 5) is 19.6. The van der Waals surface area contributed by atoms with Gasteiger partial charge < -0.3 is 10.8 Å². The standard InChI is InChI=1S/C8H9N3O5/c9-7(4-12)6-2-1-5(10(13)14)3-8(6)11(15)16/h1-3,7,12H,4,9H2/t7-/m1/s1. The number of benzene rings is 1.